The van der Waals surface area contributed by atoms with E-state index < -0.39 is 0 Å². The Bertz CT molecular complexity index is 648. The predicted molar refractivity (Wildman–Crippen MR) is 91.1 cm³/mol. The van der Waals surface area contributed by atoms with Crippen molar-refractivity contribution in [1.82, 2.24) is 15.0 Å². The van der Waals surface area contributed by atoms with E-state index in [1.165, 1.54) is 23.7 Å². The molecular weight excluding hydrogens is 310 g/mol. The van der Waals surface area contributed by atoms with Gasteiger partial charge in [0.15, 0.2) is 0 Å². The van der Waals surface area contributed by atoms with Crippen LogP contribution in [0.3, 0.4) is 0 Å². The second kappa shape index (κ2) is 7.64. The van der Waals surface area contributed by atoms with Gasteiger partial charge >= 0.3 is 0 Å². The van der Waals surface area contributed by atoms with Crippen LogP contribution < -0.4 is 0 Å². The molecule has 1 aromatic carbocycles. The number of hydrogen-bond donors (Lipinski definition) is 0. The van der Waals surface area contributed by atoms with Crippen LogP contribution >= 0.6 is 11.8 Å². The fourth-order valence-corrected chi connectivity index (χ4v) is 3.34. The molecule has 0 unspecified atom stereocenters. The number of rotatable bonds is 5. The van der Waals surface area contributed by atoms with Crippen molar-refractivity contribution < 1.29 is 9.32 Å². The molecule has 1 amide bonds. The zero-order valence-electron chi connectivity index (χ0n) is 13.3. The van der Waals surface area contributed by atoms with E-state index in [0.717, 1.165) is 31.5 Å². The third kappa shape index (κ3) is 4.34. The summed E-state index contributed by atoms with van der Waals surface area (Å²) in [6.45, 7) is 3.84. The molecule has 1 fully saturated rings. The maximum atomic E-state index is 12.1. The Balaban J connectivity index is 1.49. The Morgan fingerprint density at radius 3 is 2.70 bits per heavy atom. The summed E-state index contributed by atoms with van der Waals surface area (Å²) in [7, 11) is 0. The van der Waals surface area contributed by atoms with Crippen LogP contribution in [-0.4, -0.2) is 39.8 Å². The van der Waals surface area contributed by atoms with E-state index in [0.29, 0.717) is 23.2 Å². The van der Waals surface area contributed by atoms with E-state index in [4.69, 9.17) is 4.52 Å². The molecule has 1 aliphatic rings. The number of piperidine rings is 1. The first kappa shape index (κ1) is 16.1. The van der Waals surface area contributed by atoms with Crippen LogP contribution in [0.25, 0.3) is 11.4 Å². The topological polar surface area (TPSA) is 59.2 Å². The van der Waals surface area contributed by atoms with Gasteiger partial charge in [-0.2, -0.15) is 4.98 Å². The van der Waals surface area contributed by atoms with Gasteiger partial charge < -0.3 is 9.42 Å². The fraction of sp³-hybridized carbons (Fsp3) is 0.471. The third-order valence-corrected chi connectivity index (χ3v) is 4.84. The van der Waals surface area contributed by atoms with E-state index in [1.807, 2.05) is 36.1 Å². The lowest BCUT2D eigenvalue weighted by molar-refractivity contribution is -0.129. The average molecular weight is 331 g/mol. The number of carbonyl (C=O) groups excluding carboxylic acids is 1. The highest BCUT2D eigenvalue weighted by Crippen LogP contribution is 2.19. The van der Waals surface area contributed by atoms with Crippen molar-refractivity contribution in [2.75, 3.05) is 18.8 Å². The molecule has 0 N–H and O–H groups in total. The lowest BCUT2D eigenvalue weighted by atomic mass is 10.1. The number of likely N-dealkylation sites (tertiary alicyclic amines) is 1. The van der Waals surface area contributed by atoms with E-state index in [1.54, 1.807) is 0 Å². The summed E-state index contributed by atoms with van der Waals surface area (Å²) in [5, 5.41) is 4.01. The molecule has 2 aromatic rings. The van der Waals surface area contributed by atoms with Gasteiger partial charge in [-0.1, -0.05) is 35.0 Å². The minimum atomic E-state index is 0.216. The Hall–Kier alpha value is -1.82. The zero-order valence-corrected chi connectivity index (χ0v) is 14.1. The largest absolute Gasteiger partial charge is 0.342 e. The van der Waals surface area contributed by atoms with Crippen molar-refractivity contribution in [1.29, 1.82) is 0 Å². The Morgan fingerprint density at radius 2 is 1.96 bits per heavy atom. The van der Waals surface area contributed by atoms with Crippen LogP contribution in [0.5, 0.6) is 0 Å². The molecule has 0 radical (unpaired) electrons. The lowest BCUT2D eigenvalue weighted by Gasteiger charge is -2.26. The summed E-state index contributed by atoms with van der Waals surface area (Å²) in [5.41, 5.74) is 2.14. The van der Waals surface area contributed by atoms with Gasteiger partial charge in [0.25, 0.3) is 0 Å². The zero-order chi connectivity index (χ0) is 16.1. The summed E-state index contributed by atoms with van der Waals surface area (Å²) in [4.78, 5) is 18.4. The maximum absolute atomic E-state index is 12.1. The van der Waals surface area contributed by atoms with Crippen LogP contribution in [0.2, 0.25) is 0 Å². The van der Waals surface area contributed by atoms with Gasteiger partial charge in [-0.25, -0.2) is 0 Å². The van der Waals surface area contributed by atoms with E-state index in [-0.39, 0.29) is 5.91 Å². The smallest absolute Gasteiger partial charge is 0.236 e. The van der Waals surface area contributed by atoms with Gasteiger partial charge in [0.05, 0.1) is 11.5 Å². The van der Waals surface area contributed by atoms with Crippen molar-refractivity contribution in [3.63, 3.8) is 0 Å². The summed E-state index contributed by atoms with van der Waals surface area (Å²) in [6.07, 6.45) is 3.49. The number of carbonyl (C=O) groups is 1. The second-order valence-electron chi connectivity index (χ2n) is 5.81. The molecule has 122 valence electrons. The highest BCUT2D eigenvalue weighted by Gasteiger charge is 2.16. The molecule has 0 spiro atoms. The first-order chi connectivity index (χ1) is 11.2. The highest BCUT2D eigenvalue weighted by atomic mass is 32.2. The number of aromatic nitrogens is 2. The summed E-state index contributed by atoms with van der Waals surface area (Å²) >= 11 is 1.53. The Morgan fingerprint density at radius 1 is 1.22 bits per heavy atom. The molecule has 2 heterocycles. The van der Waals surface area contributed by atoms with E-state index in [2.05, 4.69) is 10.1 Å². The van der Waals surface area contributed by atoms with Crippen LogP contribution in [-0.2, 0) is 10.5 Å². The molecule has 23 heavy (non-hydrogen) atoms. The van der Waals surface area contributed by atoms with Gasteiger partial charge in [-0.15, -0.1) is 11.8 Å². The first-order valence-electron chi connectivity index (χ1n) is 7.97. The Labute approximate surface area is 140 Å². The predicted octanol–water partition coefficient (Wildman–Crippen LogP) is 3.29. The normalized spacial score (nSPS) is 14.9. The molecule has 1 saturated heterocycles. The Kier molecular flexibility index (Phi) is 5.33. The lowest BCUT2D eigenvalue weighted by Crippen LogP contribution is -2.36. The third-order valence-electron chi connectivity index (χ3n) is 3.94. The van der Waals surface area contributed by atoms with Crippen molar-refractivity contribution in [2.45, 2.75) is 31.9 Å². The number of amides is 1. The minimum Gasteiger partial charge on any atom is -0.342 e. The molecule has 1 aromatic heterocycles. The van der Waals surface area contributed by atoms with Gasteiger partial charge in [0, 0.05) is 18.7 Å². The van der Waals surface area contributed by atoms with Crippen LogP contribution in [0.4, 0.5) is 0 Å². The molecule has 0 atom stereocenters. The van der Waals surface area contributed by atoms with Crippen LogP contribution in [0.1, 0.15) is 30.7 Å². The summed E-state index contributed by atoms with van der Waals surface area (Å²) in [5.74, 6) is 2.42. The molecule has 0 bridgehead atoms. The quantitative estimate of drug-likeness (QED) is 0.841. The van der Waals surface area contributed by atoms with Gasteiger partial charge in [0.2, 0.25) is 17.6 Å². The molecule has 0 saturated carbocycles. The molecule has 6 heteroatoms. The monoisotopic (exact) mass is 331 g/mol. The molecule has 0 aliphatic carbocycles. The second-order valence-corrected chi connectivity index (χ2v) is 6.80. The number of hydrogen-bond acceptors (Lipinski definition) is 5. The van der Waals surface area contributed by atoms with Gasteiger partial charge in [-0.3, -0.25) is 4.79 Å². The van der Waals surface area contributed by atoms with E-state index >= 15 is 0 Å². The number of thioether (sulfide) groups is 1. The van der Waals surface area contributed by atoms with Gasteiger partial charge in [-0.05, 0) is 26.2 Å². The standard InChI is InChI=1S/C17H21N3O2S/c1-13-5-7-14(8-6-13)17-18-15(22-19-17)11-23-12-16(21)20-9-3-2-4-10-20/h5-8H,2-4,9-12H2,1H3. The highest BCUT2D eigenvalue weighted by molar-refractivity contribution is 7.99. The molecule has 5 nitrogen and oxygen atoms in total. The van der Waals surface area contributed by atoms with Crippen molar-refractivity contribution in [2.24, 2.45) is 0 Å². The fourth-order valence-electron chi connectivity index (χ4n) is 2.59. The molecule has 3 rings (SSSR count). The number of nitrogens with zero attached hydrogens (tertiary/aromatic N) is 3. The van der Waals surface area contributed by atoms with Crippen molar-refractivity contribution in [3.8, 4) is 11.4 Å². The molecule has 1 aliphatic heterocycles. The minimum absolute atomic E-state index is 0.216. The maximum Gasteiger partial charge on any atom is 0.236 e. The van der Waals surface area contributed by atoms with Crippen LogP contribution in [0.15, 0.2) is 28.8 Å². The SMILES string of the molecule is Cc1ccc(-c2noc(CSCC(=O)N3CCCCC3)n2)cc1. The van der Waals surface area contributed by atoms with E-state index in [9.17, 15) is 4.79 Å². The van der Waals surface area contributed by atoms with Crippen molar-refractivity contribution >= 4 is 17.7 Å². The van der Waals surface area contributed by atoms with Gasteiger partial charge in [0.1, 0.15) is 0 Å². The average Bonchev–Trinajstić information content (AvgIpc) is 3.05. The van der Waals surface area contributed by atoms with Crippen molar-refractivity contribution in [3.05, 3.63) is 35.7 Å². The van der Waals surface area contributed by atoms with Crippen LogP contribution in [0, 0.1) is 6.92 Å². The number of benzene rings is 1. The number of aryl methyl sites for hydroxylation is 1. The first-order valence-corrected chi connectivity index (χ1v) is 9.13. The summed E-state index contributed by atoms with van der Waals surface area (Å²) < 4.78 is 5.27. The molecular formula is C17H21N3O2S. The summed E-state index contributed by atoms with van der Waals surface area (Å²) in [6, 6.07) is 8.02.